The van der Waals surface area contributed by atoms with Crippen LogP contribution in [-0.2, 0) is 0 Å². The van der Waals surface area contributed by atoms with Crippen molar-refractivity contribution in [3.8, 4) is 0 Å². The summed E-state index contributed by atoms with van der Waals surface area (Å²) in [5.41, 5.74) is 8.45. The number of rotatable bonds is 0. The number of fused-ring (bicyclic) bond motifs is 8. The van der Waals surface area contributed by atoms with E-state index in [0.29, 0.717) is 11.8 Å². The van der Waals surface area contributed by atoms with Gasteiger partial charge in [0.05, 0.1) is 0 Å². The molecule has 3 atom stereocenters. The molecule has 1 fully saturated rings. The van der Waals surface area contributed by atoms with E-state index in [1.165, 1.54) is 29.6 Å². The van der Waals surface area contributed by atoms with Crippen molar-refractivity contribution >= 4 is 24.1 Å². The number of hydrogen-bond acceptors (Lipinski definition) is 0. The summed E-state index contributed by atoms with van der Waals surface area (Å²) in [6.07, 6.45) is 14.1. The molecule has 3 aromatic carbocycles. The number of hydrogen-bond donors (Lipinski definition) is 0. The van der Waals surface area contributed by atoms with Gasteiger partial charge in [0.15, 0.2) is 0 Å². The zero-order chi connectivity index (χ0) is 19.1. The molecule has 0 saturated carbocycles. The second-order valence-electron chi connectivity index (χ2n) is 9.63. The first-order chi connectivity index (χ1) is 14.3. The minimum absolute atomic E-state index is 0.534. The Hall–Kier alpha value is -2.43. The Kier molecular flexibility index (Phi) is 3.04. The van der Waals surface area contributed by atoms with Crippen molar-refractivity contribution in [2.24, 2.45) is 0 Å². The van der Waals surface area contributed by atoms with Crippen LogP contribution in [0.2, 0.25) is 0 Å². The van der Waals surface area contributed by atoms with E-state index in [1.54, 1.807) is 22.0 Å². The molecule has 0 N–H and O–H groups in total. The summed E-state index contributed by atoms with van der Waals surface area (Å²) in [6.45, 7) is -2.09. The van der Waals surface area contributed by atoms with E-state index in [9.17, 15) is 0 Å². The van der Waals surface area contributed by atoms with Crippen molar-refractivity contribution in [3.05, 3.63) is 113 Å². The van der Waals surface area contributed by atoms with Crippen LogP contribution in [0.4, 0.5) is 0 Å². The minimum atomic E-state index is -2.09. The van der Waals surface area contributed by atoms with Gasteiger partial charge >= 0.3 is 173 Å². The van der Waals surface area contributed by atoms with Gasteiger partial charge in [-0.2, -0.15) is 0 Å². The van der Waals surface area contributed by atoms with E-state index >= 15 is 0 Å². The summed E-state index contributed by atoms with van der Waals surface area (Å²) in [7, 11) is 0. The molecular weight excluding hydrogens is 367 g/mol. The maximum absolute atomic E-state index is 2.54. The Morgan fingerprint density at radius 3 is 1.83 bits per heavy atom. The Morgan fingerprint density at radius 2 is 1.10 bits per heavy atom. The third-order valence-corrected chi connectivity index (χ3v) is 15.6. The molecule has 0 aliphatic carbocycles. The molecule has 3 bridgehead atoms. The van der Waals surface area contributed by atoms with Gasteiger partial charge in [-0.1, -0.05) is 0 Å². The molecule has 4 heterocycles. The molecule has 3 unspecified atom stereocenters. The van der Waals surface area contributed by atoms with Crippen molar-refractivity contribution in [2.45, 2.75) is 17.5 Å². The first-order valence-corrected chi connectivity index (χ1v) is 13.8. The third kappa shape index (κ3) is 1.99. The van der Waals surface area contributed by atoms with E-state index < -0.39 is 6.60 Å². The van der Waals surface area contributed by atoms with Crippen LogP contribution in [0.15, 0.2) is 84.9 Å². The number of benzene rings is 3. The topological polar surface area (TPSA) is 0 Å². The van der Waals surface area contributed by atoms with E-state index in [0.717, 1.165) is 5.66 Å². The summed E-state index contributed by atoms with van der Waals surface area (Å²) in [6, 6.07) is 27.9. The van der Waals surface area contributed by atoms with Crippen molar-refractivity contribution in [1.82, 2.24) is 0 Å². The zero-order valence-corrected chi connectivity index (χ0v) is 17.4. The second kappa shape index (κ2) is 5.38. The monoisotopic (exact) mass is 392 g/mol. The molecule has 29 heavy (non-hydrogen) atoms. The van der Waals surface area contributed by atoms with Crippen molar-refractivity contribution in [1.29, 1.82) is 0 Å². The van der Waals surface area contributed by atoms with Gasteiger partial charge in [-0.25, -0.2) is 0 Å². The molecule has 0 aromatic heterocycles. The Morgan fingerprint density at radius 1 is 0.552 bits per heavy atom. The van der Waals surface area contributed by atoms with Gasteiger partial charge in [0, 0.05) is 0 Å². The van der Waals surface area contributed by atoms with Crippen LogP contribution in [0, 0.1) is 0 Å². The van der Waals surface area contributed by atoms with Gasteiger partial charge in [0.25, 0.3) is 0 Å². The van der Waals surface area contributed by atoms with Crippen LogP contribution in [0.25, 0.3) is 12.2 Å². The van der Waals surface area contributed by atoms with E-state index in [-0.39, 0.29) is 0 Å². The van der Waals surface area contributed by atoms with E-state index in [4.69, 9.17) is 0 Å². The fourth-order valence-electron chi connectivity index (χ4n) is 7.06. The predicted octanol–water partition coefficient (Wildman–Crippen LogP) is 6.55. The van der Waals surface area contributed by atoms with Gasteiger partial charge in [-0.05, 0) is 0 Å². The molecule has 142 valence electrons. The molecule has 0 nitrogen and oxygen atoms in total. The summed E-state index contributed by atoms with van der Waals surface area (Å²) in [4.78, 5) is 0. The van der Waals surface area contributed by atoms with Crippen LogP contribution >= 0.6 is 6.60 Å². The quantitative estimate of drug-likeness (QED) is 0.380. The predicted molar refractivity (Wildman–Crippen MR) is 127 cm³/mol. The van der Waals surface area contributed by atoms with Crippen molar-refractivity contribution in [2.75, 3.05) is 18.5 Å². The van der Waals surface area contributed by atoms with Crippen LogP contribution < -0.4 is 5.30 Å². The van der Waals surface area contributed by atoms with E-state index in [2.05, 4.69) is 97.1 Å². The molecule has 3 aromatic rings. The molecule has 4 aliphatic heterocycles. The van der Waals surface area contributed by atoms with Gasteiger partial charge in [-0.3, -0.25) is 0 Å². The van der Waals surface area contributed by atoms with Gasteiger partial charge in [0.2, 0.25) is 0 Å². The van der Waals surface area contributed by atoms with Gasteiger partial charge in [-0.15, -0.1) is 0 Å². The van der Waals surface area contributed by atoms with Gasteiger partial charge < -0.3 is 0 Å². The van der Waals surface area contributed by atoms with Crippen LogP contribution in [-0.4, -0.2) is 18.5 Å². The summed E-state index contributed by atoms with van der Waals surface area (Å²) < 4.78 is 0. The van der Waals surface area contributed by atoms with E-state index in [1.807, 2.05) is 0 Å². The molecule has 1 spiro atoms. The molecule has 1 heteroatoms. The average Bonchev–Trinajstić information content (AvgIpc) is 3.47. The van der Waals surface area contributed by atoms with Gasteiger partial charge in [0.1, 0.15) is 0 Å². The molecule has 0 amide bonds. The molecule has 7 rings (SSSR count). The second-order valence-corrected chi connectivity index (χ2v) is 15.5. The van der Waals surface area contributed by atoms with Crippen molar-refractivity contribution < 1.29 is 0 Å². The fourth-order valence-corrected chi connectivity index (χ4v) is 15.7. The first kappa shape index (κ1) is 16.4. The Labute approximate surface area is 172 Å². The standard InChI is InChI=1S/C28H25P/c1-3-11-26-20(7-1)13-15-22-17-29(19-28(26)29)18-23(25-10-5-4-9-24(22)25)16-14-21-8-2-6-12-27(21)29/h1-16,22-23,28H,17-19H2. The fraction of sp³-hybridized carbons (Fsp3) is 0.214. The molecule has 0 radical (unpaired) electrons. The van der Waals surface area contributed by atoms with Crippen LogP contribution in [0.5, 0.6) is 0 Å². The van der Waals surface area contributed by atoms with Crippen LogP contribution in [0.3, 0.4) is 0 Å². The maximum atomic E-state index is 2.54. The first-order valence-electron chi connectivity index (χ1n) is 10.9. The Bertz CT molecular complexity index is 1230. The van der Waals surface area contributed by atoms with Crippen LogP contribution in [0.1, 0.15) is 45.3 Å². The third-order valence-electron chi connectivity index (χ3n) is 8.37. The molecule has 4 aliphatic rings. The summed E-state index contributed by atoms with van der Waals surface area (Å²) in [5.74, 6) is 1.08. The average molecular weight is 392 g/mol. The summed E-state index contributed by atoms with van der Waals surface area (Å²) >= 11 is 0. The summed E-state index contributed by atoms with van der Waals surface area (Å²) in [5, 5.41) is 1.73. The van der Waals surface area contributed by atoms with Crippen molar-refractivity contribution in [3.63, 3.8) is 0 Å². The zero-order valence-electron chi connectivity index (χ0n) is 16.5. The normalized spacial score (nSPS) is 29.8. The number of allylic oxidation sites excluding steroid dienone is 2. The molecular formula is C28H25P. The SMILES string of the molecule is C1=CC2CP34(CC(C=Cc5ccccc53)c3ccccc32)CC4c2ccccc21. The Balaban J connectivity index is 1.61. The molecule has 1 saturated heterocycles.